The van der Waals surface area contributed by atoms with Crippen LogP contribution in [0.4, 0.5) is 10.1 Å². The van der Waals surface area contributed by atoms with Gasteiger partial charge in [-0.25, -0.2) is 0 Å². The normalized spacial score (nSPS) is 27.4. The molecule has 0 spiro atoms. The predicted octanol–water partition coefficient (Wildman–Crippen LogP) is 2.80. The van der Waals surface area contributed by atoms with Gasteiger partial charge in [-0.15, -0.1) is 0 Å². The smallest absolute Gasteiger partial charge is 0.230 e. The van der Waals surface area contributed by atoms with Gasteiger partial charge in [-0.2, -0.15) is 0 Å². The molecule has 1 aromatic rings. The molecule has 0 N–H and O–H groups in total. The first-order chi connectivity index (χ1) is 9.02. The van der Waals surface area contributed by atoms with Gasteiger partial charge in [0, 0.05) is 5.92 Å². The number of halogens is 1. The molecular weight excluding hydrogens is 245 g/mol. The molecule has 2 atom stereocenters. The molecule has 1 amide bonds. The number of nitrogens with zero attached hydrogens (tertiary/aromatic N) is 1. The van der Waals surface area contributed by atoms with E-state index in [0.29, 0.717) is 13.0 Å². The second kappa shape index (κ2) is 4.22. The lowest BCUT2D eigenvalue weighted by Gasteiger charge is -2.39. The van der Waals surface area contributed by atoms with Crippen LogP contribution in [-0.4, -0.2) is 24.7 Å². The molecular formula is C15H18FNO2. The third-order valence-corrected chi connectivity index (χ3v) is 3.79. The van der Waals surface area contributed by atoms with Crippen molar-refractivity contribution < 1.29 is 13.9 Å². The first kappa shape index (κ1) is 12.5. The molecule has 1 fully saturated rings. The third-order valence-electron chi connectivity index (χ3n) is 3.79. The highest BCUT2D eigenvalue weighted by Gasteiger charge is 2.47. The number of carbonyl (C=O) groups excluding carboxylic acids is 1. The number of rotatable bonds is 2. The highest BCUT2D eigenvalue weighted by molar-refractivity contribution is 5.98. The van der Waals surface area contributed by atoms with Crippen molar-refractivity contribution >= 4 is 11.6 Å². The Morgan fingerprint density at radius 2 is 2.21 bits per heavy atom. The average molecular weight is 263 g/mol. The molecule has 0 saturated heterocycles. The van der Waals surface area contributed by atoms with Crippen molar-refractivity contribution in [3.63, 3.8) is 0 Å². The van der Waals surface area contributed by atoms with E-state index >= 15 is 0 Å². The maximum Gasteiger partial charge on any atom is 0.230 e. The summed E-state index contributed by atoms with van der Waals surface area (Å²) in [6.07, 6.45) is 0.676. The fourth-order valence-electron chi connectivity index (χ4n) is 2.68. The van der Waals surface area contributed by atoms with Crippen molar-refractivity contribution in [1.82, 2.24) is 0 Å². The number of hydrogen-bond donors (Lipinski definition) is 0. The number of anilines is 1. The molecule has 2 aliphatic rings. The van der Waals surface area contributed by atoms with E-state index in [1.165, 1.54) is 0 Å². The lowest BCUT2D eigenvalue weighted by atomic mass is 10.0. The van der Waals surface area contributed by atoms with Crippen molar-refractivity contribution in [2.24, 2.45) is 11.8 Å². The molecule has 0 unspecified atom stereocenters. The van der Waals surface area contributed by atoms with Crippen molar-refractivity contribution in [1.29, 1.82) is 0 Å². The topological polar surface area (TPSA) is 29.5 Å². The monoisotopic (exact) mass is 263 g/mol. The van der Waals surface area contributed by atoms with Crippen LogP contribution in [0.25, 0.3) is 0 Å². The largest absolute Gasteiger partial charge is 0.484 e. The summed E-state index contributed by atoms with van der Waals surface area (Å²) >= 11 is 0. The van der Waals surface area contributed by atoms with Gasteiger partial charge < -0.3 is 9.64 Å². The van der Waals surface area contributed by atoms with Crippen molar-refractivity contribution in [3.05, 3.63) is 24.3 Å². The highest BCUT2D eigenvalue weighted by Crippen LogP contribution is 2.44. The first-order valence-electron chi connectivity index (χ1n) is 6.67. The van der Waals surface area contributed by atoms with Crippen LogP contribution in [0.3, 0.4) is 0 Å². The number of alkyl halides is 1. The number of ether oxygens (including phenoxy) is 1. The first-order valence-corrected chi connectivity index (χ1v) is 6.67. The van der Waals surface area contributed by atoms with E-state index in [-0.39, 0.29) is 17.7 Å². The number of carbonyl (C=O) groups is 1. The molecule has 1 saturated carbocycles. The summed E-state index contributed by atoms with van der Waals surface area (Å²) in [6, 6.07) is 7.54. The number of amides is 1. The van der Waals surface area contributed by atoms with Gasteiger partial charge in [0.1, 0.15) is 11.4 Å². The molecule has 1 heterocycles. The molecule has 4 heteroatoms. The van der Waals surface area contributed by atoms with E-state index in [4.69, 9.17) is 4.74 Å². The summed E-state index contributed by atoms with van der Waals surface area (Å²) in [6.45, 7) is 4.04. The van der Waals surface area contributed by atoms with Crippen LogP contribution in [0, 0.1) is 11.8 Å². The van der Waals surface area contributed by atoms with Crippen molar-refractivity contribution in [2.75, 3.05) is 18.1 Å². The van der Waals surface area contributed by atoms with E-state index < -0.39 is 12.3 Å². The van der Waals surface area contributed by atoms with Crippen LogP contribution in [-0.2, 0) is 4.79 Å². The van der Waals surface area contributed by atoms with E-state index in [1.807, 2.05) is 38.1 Å². The maximum absolute atomic E-state index is 12.6. The molecule has 1 aromatic carbocycles. The van der Waals surface area contributed by atoms with E-state index in [9.17, 15) is 9.18 Å². The average Bonchev–Trinajstić information content (AvgIpc) is 3.15. The van der Waals surface area contributed by atoms with Gasteiger partial charge in [-0.3, -0.25) is 9.18 Å². The predicted molar refractivity (Wildman–Crippen MR) is 71.1 cm³/mol. The fraction of sp³-hybridized carbons (Fsp3) is 0.533. The van der Waals surface area contributed by atoms with Crippen LogP contribution in [0.1, 0.15) is 20.3 Å². The Labute approximate surface area is 112 Å². The summed E-state index contributed by atoms with van der Waals surface area (Å²) in [5, 5.41) is 0. The van der Waals surface area contributed by atoms with Gasteiger partial charge >= 0.3 is 0 Å². The van der Waals surface area contributed by atoms with E-state index in [2.05, 4.69) is 0 Å². The van der Waals surface area contributed by atoms with Crippen molar-refractivity contribution in [3.8, 4) is 5.75 Å². The minimum atomic E-state index is -0.413. The number of fused-ring (bicyclic) bond motifs is 1. The molecule has 3 rings (SSSR count). The number of hydrogen-bond acceptors (Lipinski definition) is 2. The summed E-state index contributed by atoms with van der Waals surface area (Å²) in [5.74, 6) is 0.536. The minimum Gasteiger partial charge on any atom is -0.484 e. The summed E-state index contributed by atoms with van der Waals surface area (Å²) in [7, 11) is 0. The van der Waals surface area contributed by atoms with Gasteiger partial charge in [0.2, 0.25) is 5.91 Å². The van der Waals surface area contributed by atoms with Gasteiger partial charge in [-0.05, 0) is 38.3 Å². The summed E-state index contributed by atoms with van der Waals surface area (Å²) in [5.41, 5.74) is 0.390. The molecule has 1 aliphatic carbocycles. The lowest BCUT2D eigenvalue weighted by molar-refractivity contribution is -0.121. The van der Waals surface area contributed by atoms with Crippen LogP contribution in [0.5, 0.6) is 5.75 Å². The van der Waals surface area contributed by atoms with Crippen LogP contribution in [0.2, 0.25) is 0 Å². The third kappa shape index (κ3) is 2.20. The number of para-hydroxylation sites is 2. The van der Waals surface area contributed by atoms with E-state index in [1.54, 1.807) is 4.90 Å². The molecule has 3 nitrogen and oxygen atoms in total. The summed E-state index contributed by atoms with van der Waals surface area (Å²) < 4.78 is 18.5. The van der Waals surface area contributed by atoms with Crippen LogP contribution < -0.4 is 9.64 Å². The lowest BCUT2D eigenvalue weighted by Crippen LogP contribution is -2.50. The molecule has 1 aliphatic heterocycles. The Hall–Kier alpha value is -1.58. The Kier molecular flexibility index (Phi) is 2.77. The van der Waals surface area contributed by atoms with Crippen LogP contribution >= 0.6 is 0 Å². The van der Waals surface area contributed by atoms with Crippen molar-refractivity contribution in [2.45, 2.75) is 25.9 Å². The van der Waals surface area contributed by atoms with E-state index in [0.717, 1.165) is 11.4 Å². The zero-order chi connectivity index (χ0) is 13.6. The minimum absolute atomic E-state index is 0.0338. The zero-order valence-electron chi connectivity index (χ0n) is 11.2. The quantitative estimate of drug-likeness (QED) is 0.821. The number of benzene rings is 1. The summed E-state index contributed by atoms with van der Waals surface area (Å²) in [4.78, 5) is 14.2. The molecule has 0 bridgehead atoms. The zero-order valence-corrected chi connectivity index (χ0v) is 11.2. The van der Waals surface area contributed by atoms with Gasteiger partial charge in [0.05, 0.1) is 18.9 Å². The second-order valence-corrected chi connectivity index (χ2v) is 6.01. The molecule has 0 aromatic heterocycles. The highest BCUT2D eigenvalue weighted by atomic mass is 19.1. The Bertz CT molecular complexity index is 515. The van der Waals surface area contributed by atoms with Crippen LogP contribution in [0.15, 0.2) is 24.3 Å². The van der Waals surface area contributed by atoms with Gasteiger partial charge in [0.15, 0.2) is 0 Å². The molecule has 19 heavy (non-hydrogen) atoms. The standard InChI is InChI=1S/C15H18FNO2/c1-15(2)9-17(14(18)11-7-10(11)8-16)12-5-3-4-6-13(12)19-15/h3-6,10-11H,7-9H2,1-2H3/t10-,11+/m0/s1. The second-order valence-electron chi connectivity index (χ2n) is 6.01. The van der Waals surface area contributed by atoms with Gasteiger partial charge in [-0.1, -0.05) is 12.1 Å². The Morgan fingerprint density at radius 3 is 2.89 bits per heavy atom. The maximum atomic E-state index is 12.6. The Morgan fingerprint density at radius 1 is 1.47 bits per heavy atom. The Balaban J connectivity index is 1.91. The fourth-order valence-corrected chi connectivity index (χ4v) is 2.68. The molecule has 102 valence electrons. The molecule has 0 radical (unpaired) electrons. The van der Waals surface area contributed by atoms with Gasteiger partial charge in [0.25, 0.3) is 0 Å². The SMILES string of the molecule is CC1(C)CN(C(=O)[C@@H]2C[C@H]2CF)c2ccccc2O1.